The van der Waals surface area contributed by atoms with Crippen molar-refractivity contribution in [2.24, 2.45) is 0 Å². The summed E-state index contributed by atoms with van der Waals surface area (Å²) < 4.78 is 0. The van der Waals surface area contributed by atoms with Crippen LogP contribution in [0.3, 0.4) is 0 Å². The van der Waals surface area contributed by atoms with E-state index < -0.39 is 0 Å². The largest absolute Gasteiger partial charge is 0.354 e. The van der Waals surface area contributed by atoms with Gasteiger partial charge in [0.05, 0.1) is 0 Å². The molecule has 2 aromatic heterocycles. The maximum atomic E-state index is 4.66. The SMILES string of the molecule is CCNc1nc(SSCCCSSc2nc(NCC)nc(N(CC)CC)n2)nc(N(CC)CC)n1. The zero-order chi connectivity index (χ0) is 25.5. The Bertz CT molecular complexity index is 798. The molecule has 14 heteroatoms. The second-order valence-corrected chi connectivity index (χ2v) is 11.8. The number of nitrogens with zero attached hydrogens (tertiary/aromatic N) is 8. The maximum absolute atomic E-state index is 4.66. The lowest BCUT2D eigenvalue weighted by atomic mass is 10.5. The molecule has 0 amide bonds. The molecule has 0 fully saturated rings. The monoisotopic (exact) mass is 558 g/mol. The molecule has 196 valence electrons. The first-order chi connectivity index (χ1) is 17.1. The average Bonchev–Trinajstić information content (AvgIpc) is 2.85. The highest BCUT2D eigenvalue weighted by molar-refractivity contribution is 8.77. The van der Waals surface area contributed by atoms with Gasteiger partial charge in [-0.25, -0.2) is 0 Å². The van der Waals surface area contributed by atoms with Gasteiger partial charge >= 0.3 is 0 Å². The standard InChI is InChI=1S/C21H38N10S4/c1-7-22-16-24-18(30(9-3)10-4)28-20(26-16)34-32-14-13-15-33-35-21-27-17(23-8-2)25-19(29-21)31(11-5)12-6/h7-15H2,1-6H3,(H,22,24,26,28)(H,23,25,27,29). The summed E-state index contributed by atoms with van der Waals surface area (Å²) in [6.45, 7) is 17.6. The first-order valence-corrected chi connectivity index (χ1v) is 16.8. The molecule has 0 aliphatic heterocycles. The third-order valence-electron chi connectivity index (χ3n) is 4.69. The van der Waals surface area contributed by atoms with Gasteiger partial charge in [0.1, 0.15) is 0 Å². The Balaban J connectivity index is 1.83. The van der Waals surface area contributed by atoms with Gasteiger partial charge in [0.15, 0.2) is 0 Å². The van der Waals surface area contributed by atoms with Crippen molar-refractivity contribution in [1.82, 2.24) is 29.9 Å². The van der Waals surface area contributed by atoms with E-state index in [4.69, 9.17) is 0 Å². The van der Waals surface area contributed by atoms with Crippen LogP contribution in [0, 0.1) is 0 Å². The fraction of sp³-hybridized carbons (Fsp3) is 0.714. The fourth-order valence-corrected chi connectivity index (χ4v) is 6.76. The zero-order valence-electron chi connectivity index (χ0n) is 21.6. The van der Waals surface area contributed by atoms with Crippen molar-refractivity contribution in [3.63, 3.8) is 0 Å². The van der Waals surface area contributed by atoms with Gasteiger partial charge in [-0.2, -0.15) is 29.9 Å². The first-order valence-electron chi connectivity index (χ1n) is 12.2. The third-order valence-corrected chi connectivity index (χ3v) is 9.10. The first kappa shape index (κ1) is 29.8. The Kier molecular flexibility index (Phi) is 14.6. The smallest absolute Gasteiger partial charge is 0.231 e. The molecule has 0 unspecified atom stereocenters. The number of hydrogen-bond acceptors (Lipinski definition) is 14. The van der Waals surface area contributed by atoms with Crippen LogP contribution in [0.15, 0.2) is 10.3 Å². The van der Waals surface area contributed by atoms with Gasteiger partial charge in [-0.3, -0.25) is 0 Å². The highest BCUT2D eigenvalue weighted by Crippen LogP contribution is 2.33. The molecule has 0 atom stereocenters. The van der Waals surface area contributed by atoms with E-state index >= 15 is 0 Å². The minimum atomic E-state index is 0.637. The summed E-state index contributed by atoms with van der Waals surface area (Å²) in [5.74, 6) is 4.75. The van der Waals surface area contributed by atoms with Crippen molar-refractivity contribution in [3.8, 4) is 0 Å². The third kappa shape index (κ3) is 10.3. The van der Waals surface area contributed by atoms with E-state index in [9.17, 15) is 0 Å². The Morgan fingerprint density at radius 2 is 0.971 bits per heavy atom. The molecule has 10 nitrogen and oxygen atoms in total. The molecule has 0 aromatic carbocycles. The van der Waals surface area contributed by atoms with E-state index in [1.54, 1.807) is 43.2 Å². The summed E-state index contributed by atoms with van der Waals surface area (Å²) in [5.41, 5.74) is 0. The molecule has 2 aromatic rings. The quantitative estimate of drug-likeness (QED) is 0.185. The molecule has 0 aliphatic carbocycles. The molecule has 2 rings (SSSR count). The van der Waals surface area contributed by atoms with Crippen LogP contribution in [-0.4, -0.2) is 80.7 Å². The highest BCUT2D eigenvalue weighted by atomic mass is 33.1. The van der Waals surface area contributed by atoms with Crippen LogP contribution < -0.4 is 20.4 Å². The predicted octanol–water partition coefficient (Wildman–Crippen LogP) is 5.18. The minimum Gasteiger partial charge on any atom is -0.354 e. The van der Waals surface area contributed by atoms with Crippen molar-refractivity contribution in [2.45, 2.75) is 58.3 Å². The number of hydrogen-bond donors (Lipinski definition) is 2. The fourth-order valence-electron chi connectivity index (χ4n) is 2.90. The van der Waals surface area contributed by atoms with Crippen molar-refractivity contribution in [1.29, 1.82) is 0 Å². The molecule has 0 saturated carbocycles. The lowest BCUT2D eigenvalue weighted by Crippen LogP contribution is -2.25. The van der Waals surface area contributed by atoms with E-state index in [1.807, 2.05) is 13.8 Å². The summed E-state index contributed by atoms with van der Waals surface area (Å²) in [5, 5.41) is 7.92. The Hall–Kier alpha value is -1.38. The topological polar surface area (TPSA) is 108 Å². The number of anilines is 4. The van der Waals surface area contributed by atoms with E-state index in [0.717, 1.165) is 79.4 Å². The van der Waals surface area contributed by atoms with Crippen LogP contribution >= 0.6 is 43.2 Å². The number of nitrogens with one attached hydrogen (secondary N) is 2. The summed E-state index contributed by atoms with van der Waals surface area (Å²) in [4.78, 5) is 31.8. The lowest BCUT2D eigenvalue weighted by molar-refractivity contribution is 0.784. The molecular formula is C21H38N10S4. The molecular weight excluding hydrogens is 521 g/mol. The molecule has 0 bridgehead atoms. The van der Waals surface area contributed by atoms with Gasteiger partial charge in [0.2, 0.25) is 34.1 Å². The van der Waals surface area contributed by atoms with Crippen molar-refractivity contribution in [2.75, 3.05) is 71.2 Å². The summed E-state index contributed by atoms with van der Waals surface area (Å²) in [7, 11) is 6.77. The normalized spacial score (nSPS) is 10.9. The Labute approximate surface area is 225 Å². The average molecular weight is 559 g/mol. The summed E-state index contributed by atoms with van der Waals surface area (Å²) in [6, 6.07) is 0. The maximum Gasteiger partial charge on any atom is 0.231 e. The van der Waals surface area contributed by atoms with Gasteiger partial charge in [0, 0.05) is 50.8 Å². The second-order valence-electron chi connectivity index (χ2n) is 7.05. The highest BCUT2D eigenvalue weighted by Gasteiger charge is 2.13. The van der Waals surface area contributed by atoms with Crippen LogP contribution in [0.1, 0.15) is 48.0 Å². The molecule has 0 radical (unpaired) electrons. The van der Waals surface area contributed by atoms with Gasteiger partial charge in [-0.1, -0.05) is 21.6 Å². The van der Waals surface area contributed by atoms with E-state index in [0.29, 0.717) is 11.9 Å². The van der Waals surface area contributed by atoms with Crippen molar-refractivity contribution in [3.05, 3.63) is 0 Å². The summed E-state index contributed by atoms with van der Waals surface area (Å²) in [6.07, 6.45) is 1.07. The lowest BCUT2D eigenvalue weighted by Gasteiger charge is -2.19. The van der Waals surface area contributed by atoms with Crippen LogP contribution in [-0.2, 0) is 0 Å². The van der Waals surface area contributed by atoms with Gasteiger partial charge < -0.3 is 20.4 Å². The molecule has 2 heterocycles. The Morgan fingerprint density at radius 1 is 0.571 bits per heavy atom. The van der Waals surface area contributed by atoms with Gasteiger partial charge in [-0.05, 0) is 69.6 Å². The van der Waals surface area contributed by atoms with E-state index in [-0.39, 0.29) is 0 Å². The molecule has 2 N–H and O–H groups in total. The predicted molar refractivity (Wildman–Crippen MR) is 156 cm³/mol. The van der Waals surface area contributed by atoms with Crippen LogP contribution in [0.2, 0.25) is 0 Å². The molecule has 0 aliphatic rings. The van der Waals surface area contributed by atoms with Crippen molar-refractivity contribution >= 4 is 67.0 Å². The van der Waals surface area contributed by atoms with Crippen LogP contribution in [0.5, 0.6) is 0 Å². The molecule has 0 spiro atoms. The number of aromatic nitrogens is 6. The van der Waals surface area contributed by atoms with Gasteiger partial charge in [-0.15, -0.1) is 0 Å². The van der Waals surface area contributed by atoms with Crippen LogP contribution in [0.25, 0.3) is 0 Å². The molecule has 0 saturated heterocycles. The van der Waals surface area contributed by atoms with E-state index in [2.05, 4.69) is 78.0 Å². The molecule has 35 heavy (non-hydrogen) atoms. The summed E-state index contributed by atoms with van der Waals surface area (Å²) >= 11 is 0. The van der Waals surface area contributed by atoms with E-state index in [1.165, 1.54) is 0 Å². The number of rotatable bonds is 18. The van der Waals surface area contributed by atoms with Crippen molar-refractivity contribution < 1.29 is 0 Å². The minimum absolute atomic E-state index is 0.637. The van der Waals surface area contributed by atoms with Gasteiger partial charge in [0.25, 0.3) is 0 Å². The van der Waals surface area contributed by atoms with Crippen LogP contribution in [0.4, 0.5) is 23.8 Å². The zero-order valence-corrected chi connectivity index (χ0v) is 24.8. The Morgan fingerprint density at radius 3 is 1.31 bits per heavy atom. The second kappa shape index (κ2) is 17.1.